The molecule has 28 heavy (non-hydrogen) atoms. The lowest BCUT2D eigenvalue weighted by molar-refractivity contribution is -0.206. The van der Waals surface area contributed by atoms with Crippen LogP contribution in [0, 0.1) is 17.8 Å². The smallest absolute Gasteiger partial charge is 0.183 e. The second-order valence-corrected chi connectivity index (χ2v) is 8.93. The number of rotatable bonds is 9. The number of aryl methyl sites for hydroxylation is 1. The van der Waals surface area contributed by atoms with Gasteiger partial charge in [0.1, 0.15) is 0 Å². The van der Waals surface area contributed by atoms with Crippen LogP contribution in [0.2, 0.25) is 0 Å². The maximum absolute atomic E-state index is 5.92. The third-order valence-corrected chi connectivity index (χ3v) is 6.51. The Balaban J connectivity index is 1.36. The largest absolute Gasteiger partial charge is 0.348 e. The van der Waals surface area contributed by atoms with Crippen molar-refractivity contribution in [3.63, 3.8) is 0 Å². The standard InChI is InChI=1S/C26H40O2/c1-3-7-21-11-13-22(14-12-21)9-5-6-10-23-15-17-25(18-16-23)26-27-19-24(8-4-2)20-28-26/h5,9,15-18,21-22,24,26H,3-4,6-8,10-14,19-20H2,1-2H3/b9-5+. The first-order valence-electron chi connectivity index (χ1n) is 11.8. The topological polar surface area (TPSA) is 18.5 Å². The average molecular weight is 385 g/mol. The summed E-state index contributed by atoms with van der Waals surface area (Å²) in [5.41, 5.74) is 2.55. The molecule has 0 spiro atoms. The second kappa shape index (κ2) is 11.8. The number of ether oxygens (including phenoxy) is 2. The van der Waals surface area contributed by atoms with Crippen molar-refractivity contribution in [3.05, 3.63) is 47.5 Å². The highest BCUT2D eigenvalue weighted by Gasteiger charge is 2.23. The van der Waals surface area contributed by atoms with E-state index in [1.807, 2.05) is 0 Å². The lowest BCUT2D eigenvalue weighted by Crippen LogP contribution is -2.26. The first-order chi connectivity index (χ1) is 13.8. The van der Waals surface area contributed by atoms with Crippen molar-refractivity contribution in [1.29, 1.82) is 0 Å². The molecule has 1 saturated heterocycles. The molecule has 1 heterocycles. The molecule has 0 bridgehead atoms. The molecule has 0 N–H and O–H groups in total. The van der Waals surface area contributed by atoms with E-state index in [1.165, 1.54) is 56.9 Å². The van der Waals surface area contributed by atoms with Gasteiger partial charge in [0.05, 0.1) is 13.2 Å². The molecule has 2 fully saturated rings. The quantitative estimate of drug-likeness (QED) is 0.418. The number of hydrogen-bond donors (Lipinski definition) is 0. The molecule has 2 nitrogen and oxygen atoms in total. The van der Waals surface area contributed by atoms with Gasteiger partial charge in [-0.25, -0.2) is 0 Å². The lowest BCUT2D eigenvalue weighted by atomic mass is 9.80. The molecule has 1 aromatic carbocycles. The molecule has 0 unspecified atom stereocenters. The summed E-state index contributed by atoms with van der Waals surface area (Å²) in [5, 5.41) is 0. The molecular weight excluding hydrogens is 344 g/mol. The van der Waals surface area contributed by atoms with Crippen LogP contribution in [-0.2, 0) is 15.9 Å². The van der Waals surface area contributed by atoms with Crippen LogP contribution in [0.3, 0.4) is 0 Å². The minimum absolute atomic E-state index is 0.176. The first kappa shape index (κ1) is 21.6. The van der Waals surface area contributed by atoms with Gasteiger partial charge in [-0.3, -0.25) is 0 Å². The summed E-state index contributed by atoms with van der Waals surface area (Å²) in [6, 6.07) is 8.84. The van der Waals surface area contributed by atoms with Gasteiger partial charge in [0.2, 0.25) is 0 Å². The van der Waals surface area contributed by atoms with Crippen LogP contribution >= 0.6 is 0 Å². The summed E-state index contributed by atoms with van der Waals surface area (Å²) in [7, 11) is 0. The lowest BCUT2D eigenvalue weighted by Gasteiger charge is -2.29. The number of benzene rings is 1. The molecule has 0 radical (unpaired) electrons. The van der Waals surface area contributed by atoms with Crippen molar-refractivity contribution < 1.29 is 9.47 Å². The number of allylic oxidation sites excluding steroid dienone is 2. The van der Waals surface area contributed by atoms with Gasteiger partial charge in [-0.05, 0) is 62.3 Å². The minimum atomic E-state index is -0.176. The molecule has 156 valence electrons. The Morgan fingerprint density at radius 2 is 1.50 bits per heavy atom. The zero-order chi connectivity index (χ0) is 19.6. The zero-order valence-corrected chi connectivity index (χ0v) is 18.1. The highest BCUT2D eigenvalue weighted by atomic mass is 16.7. The maximum atomic E-state index is 5.92. The summed E-state index contributed by atoms with van der Waals surface area (Å²) in [6.07, 6.45) is 17.8. The average Bonchev–Trinajstić information content (AvgIpc) is 2.74. The van der Waals surface area contributed by atoms with Gasteiger partial charge in [0, 0.05) is 11.5 Å². The maximum Gasteiger partial charge on any atom is 0.183 e. The fraction of sp³-hybridized carbons (Fsp3) is 0.692. The Morgan fingerprint density at radius 1 is 0.857 bits per heavy atom. The fourth-order valence-electron chi connectivity index (χ4n) is 4.77. The van der Waals surface area contributed by atoms with Crippen molar-refractivity contribution in [2.75, 3.05) is 13.2 Å². The highest BCUT2D eigenvalue weighted by Crippen LogP contribution is 2.32. The van der Waals surface area contributed by atoms with Crippen molar-refractivity contribution >= 4 is 0 Å². The van der Waals surface area contributed by atoms with E-state index < -0.39 is 0 Å². The SMILES string of the molecule is CCCC1CCC(/C=C/CCc2ccc(C3OCC(CCC)CO3)cc2)CC1. The predicted molar refractivity (Wildman–Crippen MR) is 117 cm³/mol. The summed E-state index contributed by atoms with van der Waals surface area (Å²) in [5.74, 6) is 2.39. The van der Waals surface area contributed by atoms with E-state index in [9.17, 15) is 0 Å². The summed E-state index contributed by atoms with van der Waals surface area (Å²) < 4.78 is 11.8. The van der Waals surface area contributed by atoms with E-state index in [0.29, 0.717) is 5.92 Å². The summed E-state index contributed by atoms with van der Waals surface area (Å²) >= 11 is 0. The van der Waals surface area contributed by atoms with Crippen LogP contribution in [0.15, 0.2) is 36.4 Å². The van der Waals surface area contributed by atoms with Crippen molar-refractivity contribution in [1.82, 2.24) is 0 Å². The first-order valence-corrected chi connectivity index (χ1v) is 11.8. The van der Waals surface area contributed by atoms with Gasteiger partial charge in [-0.1, -0.05) is 69.5 Å². The number of hydrogen-bond acceptors (Lipinski definition) is 2. The molecule has 0 atom stereocenters. The molecule has 0 aromatic heterocycles. The predicted octanol–water partition coefficient (Wildman–Crippen LogP) is 7.24. The van der Waals surface area contributed by atoms with E-state index in [0.717, 1.165) is 43.5 Å². The van der Waals surface area contributed by atoms with Gasteiger partial charge in [0.25, 0.3) is 0 Å². The normalized spacial score (nSPS) is 28.6. The molecular formula is C26H40O2. The van der Waals surface area contributed by atoms with Crippen molar-refractivity contribution in [2.45, 2.75) is 84.3 Å². The fourth-order valence-corrected chi connectivity index (χ4v) is 4.77. The molecule has 1 aliphatic carbocycles. The van der Waals surface area contributed by atoms with E-state index in [2.05, 4.69) is 50.3 Å². The summed E-state index contributed by atoms with van der Waals surface area (Å²) in [6.45, 7) is 6.19. The van der Waals surface area contributed by atoms with Crippen LogP contribution in [0.1, 0.15) is 89.1 Å². The molecule has 0 amide bonds. The zero-order valence-electron chi connectivity index (χ0n) is 18.1. The van der Waals surface area contributed by atoms with E-state index in [1.54, 1.807) is 0 Å². The van der Waals surface area contributed by atoms with Crippen LogP contribution in [0.25, 0.3) is 0 Å². The molecule has 3 rings (SSSR count). The van der Waals surface area contributed by atoms with Gasteiger partial charge >= 0.3 is 0 Å². The van der Waals surface area contributed by atoms with E-state index in [-0.39, 0.29) is 6.29 Å². The Morgan fingerprint density at radius 3 is 2.14 bits per heavy atom. The van der Waals surface area contributed by atoms with Gasteiger partial charge in [0.15, 0.2) is 6.29 Å². The summed E-state index contributed by atoms with van der Waals surface area (Å²) in [4.78, 5) is 0. The third-order valence-electron chi connectivity index (χ3n) is 6.51. The monoisotopic (exact) mass is 384 g/mol. The highest BCUT2D eigenvalue weighted by molar-refractivity contribution is 5.24. The van der Waals surface area contributed by atoms with Crippen molar-refractivity contribution in [3.8, 4) is 0 Å². The van der Waals surface area contributed by atoms with Gasteiger partial charge < -0.3 is 9.47 Å². The van der Waals surface area contributed by atoms with E-state index >= 15 is 0 Å². The molecule has 1 saturated carbocycles. The Kier molecular flexibility index (Phi) is 9.08. The minimum Gasteiger partial charge on any atom is -0.348 e. The Labute approximate surface area is 172 Å². The van der Waals surface area contributed by atoms with E-state index in [4.69, 9.17) is 9.47 Å². The third kappa shape index (κ3) is 6.74. The van der Waals surface area contributed by atoms with Crippen LogP contribution < -0.4 is 0 Å². The molecule has 1 aliphatic heterocycles. The van der Waals surface area contributed by atoms with Gasteiger partial charge in [-0.15, -0.1) is 0 Å². The van der Waals surface area contributed by atoms with Crippen LogP contribution in [0.4, 0.5) is 0 Å². The molecule has 1 aromatic rings. The Hall–Kier alpha value is -1.12. The molecule has 2 heteroatoms. The Bertz CT molecular complexity index is 561. The van der Waals surface area contributed by atoms with Crippen LogP contribution in [0.5, 0.6) is 0 Å². The van der Waals surface area contributed by atoms with Crippen LogP contribution in [-0.4, -0.2) is 13.2 Å². The second-order valence-electron chi connectivity index (χ2n) is 8.93. The van der Waals surface area contributed by atoms with Crippen molar-refractivity contribution in [2.24, 2.45) is 17.8 Å². The van der Waals surface area contributed by atoms with Gasteiger partial charge in [-0.2, -0.15) is 0 Å². The molecule has 2 aliphatic rings.